The van der Waals surface area contributed by atoms with Gasteiger partial charge in [0.15, 0.2) is 17.5 Å². The summed E-state index contributed by atoms with van der Waals surface area (Å²) in [7, 11) is 0. The lowest BCUT2D eigenvalue weighted by molar-refractivity contribution is -0.385. The number of carbonyl (C=O) groups excluding carboxylic acids is 1. The standard InChI is InChI=1S/C20H20N4O4S/c1-4-9-23-13(2)10-15(14(23)3)16-12-29-20(21-16)22-19(25)11-28-18-8-6-5-7-17(18)24(26)27/h4-8,10,12H,1,9,11H2,2-3H3,(H,21,22,25). The van der Waals surface area contributed by atoms with Gasteiger partial charge in [0, 0.05) is 34.9 Å². The summed E-state index contributed by atoms with van der Waals surface area (Å²) in [6.07, 6.45) is 1.84. The molecule has 0 fully saturated rings. The van der Waals surface area contributed by atoms with Crippen molar-refractivity contribution in [3.8, 4) is 17.0 Å². The number of hydrogen-bond acceptors (Lipinski definition) is 6. The van der Waals surface area contributed by atoms with E-state index in [2.05, 4.69) is 27.5 Å². The summed E-state index contributed by atoms with van der Waals surface area (Å²) in [6.45, 7) is 8.18. The van der Waals surface area contributed by atoms with Crippen molar-refractivity contribution in [2.24, 2.45) is 0 Å². The Kier molecular flexibility index (Phi) is 6.08. The van der Waals surface area contributed by atoms with Crippen molar-refractivity contribution in [2.75, 3.05) is 11.9 Å². The Morgan fingerprint density at radius 2 is 2.17 bits per heavy atom. The molecule has 0 saturated carbocycles. The summed E-state index contributed by atoms with van der Waals surface area (Å²) in [5.74, 6) is -0.400. The second kappa shape index (κ2) is 8.70. The summed E-state index contributed by atoms with van der Waals surface area (Å²) in [5, 5.41) is 16.0. The van der Waals surface area contributed by atoms with E-state index >= 15 is 0 Å². The summed E-state index contributed by atoms with van der Waals surface area (Å²) < 4.78 is 7.44. The molecule has 0 aliphatic carbocycles. The number of thiazole rings is 1. The van der Waals surface area contributed by atoms with E-state index in [0.29, 0.717) is 11.7 Å². The number of nitro groups is 1. The van der Waals surface area contributed by atoms with Gasteiger partial charge < -0.3 is 9.30 Å². The molecular weight excluding hydrogens is 392 g/mol. The first-order chi connectivity index (χ1) is 13.9. The molecule has 0 unspecified atom stereocenters. The van der Waals surface area contributed by atoms with Crippen LogP contribution in [-0.2, 0) is 11.3 Å². The molecule has 9 heteroatoms. The molecule has 1 amide bonds. The maximum absolute atomic E-state index is 12.2. The molecule has 0 aliphatic rings. The maximum atomic E-state index is 12.2. The number of aryl methyl sites for hydroxylation is 1. The van der Waals surface area contributed by atoms with Crippen LogP contribution < -0.4 is 10.1 Å². The normalized spacial score (nSPS) is 10.6. The van der Waals surface area contributed by atoms with E-state index in [9.17, 15) is 14.9 Å². The highest BCUT2D eigenvalue weighted by Gasteiger charge is 2.17. The first-order valence-corrected chi connectivity index (χ1v) is 9.68. The zero-order chi connectivity index (χ0) is 21.0. The zero-order valence-electron chi connectivity index (χ0n) is 16.0. The van der Waals surface area contributed by atoms with Gasteiger partial charge in [-0.05, 0) is 26.0 Å². The number of carbonyl (C=O) groups is 1. The molecule has 0 radical (unpaired) electrons. The van der Waals surface area contributed by atoms with Crippen molar-refractivity contribution in [3.05, 3.63) is 69.9 Å². The second-order valence-corrected chi connectivity index (χ2v) is 7.14. The third kappa shape index (κ3) is 4.52. The number of para-hydroxylation sites is 2. The predicted octanol–water partition coefficient (Wildman–Crippen LogP) is 4.34. The van der Waals surface area contributed by atoms with Crippen molar-refractivity contribution in [1.82, 2.24) is 9.55 Å². The summed E-state index contributed by atoms with van der Waals surface area (Å²) in [4.78, 5) is 27.1. The Morgan fingerprint density at radius 1 is 1.41 bits per heavy atom. The van der Waals surface area contributed by atoms with E-state index in [1.165, 1.54) is 29.5 Å². The highest BCUT2D eigenvalue weighted by Crippen LogP contribution is 2.30. The molecule has 1 N–H and O–H groups in total. The van der Waals surface area contributed by atoms with Crippen molar-refractivity contribution in [2.45, 2.75) is 20.4 Å². The van der Waals surface area contributed by atoms with Gasteiger partial charge in [-0.15, -0.1) is 17.9 Å². The van der Waals surface area contributed by atoms with Gasteiger partial charge in [0.25, 0.3) is 5.91 Å². The van der Waals surface area contributed by atoms with Crippen LogP contribution in [-0.4, -0.2) is 27.0 Å². The van der Waals surface area contributed by atoms with Crippen LogP contribution in [0.4, 0.5) is 10.8 Å². The van der Waals surface area contributed by atoms with Crippen LogP contribution in [0.25, 0.3) is 11.3 Å². The molecule has 0 spiro atoms. The Hall–Kier alpha value is -3.46. The number of nitrogens with zero attached hydrogens (tertiary/aromatic N) is 3. The molecule has 1 aromatic carbocycles. The molecule has 0 aliphatic heterocycles. The Balaban J connectivity index is 1.66. The third-order valence-electron chi connectivity index (χ3n) is 4.33. The number of allylic oxidation sites excluding steroid dienone is 1. The monoisotopic (exact) mass is 412 g/mol. The number of hydrogen-bond donors (Lipinski definition) is 1. The van der Waals surface area contributed by atoms with E-state index < -0.39 is 10.8 Å². The molecule has 3 aromatic rings. The maximum Gasteiger partial charge on any atom is 0.310 e. The van der Waals surface area contributed by atoms with Crippen LogP contribution in [0.15, 0.2) is 48.4 Å². The molecular formula is C20H20N4O4S. The number of nitro benzene ring substituents is 1. The fraction of sp³-hybridized carbons (Fsp3) is 0.200. The summed E-state index contributed by atoms with van der Waals surface area (Å²) in [6, 6.07) is 7.97. The lowest BCUT2D eigenvalue weighted by Crippen LogP contribution is -2.20. The number of ether oxygens (including phenoxy) is 1. The van der Waals surface area contributed by atoms with Crippen molar-refractivity contribution in [1.29, 1.82) is 0 Å². The summed E-state index contributed by atoms with van der Waals surface area (Å²) in [5.41, 5.74) is 3.76. The van der Waals surface area contributed by atoms with Crippen LogP contribution in [0.3, 0.4) is 0 Å². The van der Waals surface area contributed by atoms with E-state index in [1.54, 1.807) is 6.07 Å². The smallest absolute Gasteiger partial charge is 0.310 e. The number of amides is 1. The van der Waals surface area contributed by atoms with E-state index in [0.717, 1.165) is 22.6 Å². The number of nitrogens with one attached hydrogen (secondary N) is 1. The van der Waals surface area contributed by atoms with Crippen LogP contribution in [0.2, 0.25) is 0 Å². The number of rotatable bonds is 8. The van der Waals surface area contributed by atoms with Crippen molar-refractivity contribution >= 4 is 28.1 Å². The third-order valence-corrected chi connectivity index (χ3v) is 5.09. The number of anilines is 1. The number of aromatic nitrogens is 2. The van der Waals surface area contributed by atoms with E-state index in [-0.39, 0.29) is 18.0 Å². The van der Waals surface area contributed by atoms with Gasteiger partial charge in [-0.2, -0.15) is 0 Å². The number of benzene rings is 1. The Bertz CT molecular complexity index is 1070. The molecule has 29 heavy (non-hydrogen) atoms. The molecule has 2 heterocycles. The predicted molar refractivity (Wildman–Crippen MR) is 112 cm³/mol. The van der Waals surface area contributed by atoms with Crippen LogP contribution in [0, 0.1) is 24.0 Å². The van der Waals surface area contributed by atoms with Crippen molar-refractivity contribution in [3.63, 3.8) is 0 Å². The molecule has 0 saturated heterocycles. The highest BCUT2D eigenvalue weighted by atomic mass is 32.1. The van der Waals surface area contributed by atoms with Gasteiger partial charge in [0.05, 0.1) is 10.6 Å². The average Bonchev–Trinajstić information content (AvgIpc) is 3.26. The lowest BCUT2D eigenvalue weighted by atomic mass is 10.2. The van der Waals surface area contributed by atoms with Gasteiger partial charge in [-0.1, -0.05) is 18.2 Å². The Labute approximate surface area is 171 Å². The largest absolute Gasteiger partial charge is 0.477 e. The Morgan fingerprint density at radius 3 is 2.90 bits per heavy atom. The molecule has 2 aromatic heterocycles. The summed E-state index contributed by atoms with van der Waals surface area (Å²) >= 11 is 1.30. The van der Waals surface area contributed by atoms with Crippen LogP contribution in [0.5, 0.6) is 5.75 Å². The zero-order valence-corrected chi connectivity index (χ0v) is 16.9. The quantitative estimate of drug-likeness (QED) is 0.337. The highest BCUT2D eigenvalue weighted by molar-refractivity contribution is 7.14. The topological polar surface area (TPSA) is 99.3 Å². The molecule has 0 bridgehead atoms. The van der Waals surface area contributed by atoms with Gasteiger partial charge in [-0.25, -0.2) is 4.98 Å². The molecule has 150 valence electrons. The second-order valence-electron chi connectivity index (χ2n) is 6.28. The fourth-order valence-electron chi connectivity index (χ4n) is 2.95. The molecule has 0 atom stereocenters. The molecule has 3 rings (SSSR count). The van der Waals surface area contributed by atoms with E-state index in [1.807, 2.05) is 25.3 Å². The van der Waals surface area contributed by atoms with Crippen LogP contribution >= 0.6 is 11.3 Å². The van der Waals surface area contributed by atoms with Crippen LogP contribution in [0.1, 0.15) is 11.4 Å². The minimum atomic E-state index is -0.552. The van der Waals surface area contributed by atoms with Gasteiger partial charge in [0.1, 0.15) is 0 Å². The van der Waals surface area contributed by atoms with Gasteiger partial charge >= 0.3 is 5.69 Å². The molecule has 8 nitrogen and oxygen atoms in total. The average molecular weight is 412 g/mol. The SMILES string of the molecule is C=CCn1c(C)cc(-c2csc(NC(=O)COc3ccccc3[N+](=O)[O-])n2)c1C. The van der Waals surface area contributed by atoms with Gasteiger partial charge in [-0.3, -0.25) is 20.2 Å². The minimum Gasteiger partial charge on any atom is -0.477 e. The van der Waals surface area contributed by atoms with E-state index in [4.69, 9.17) is 4.74 Å². The lowest BCUT2D eigenvalue weighted by Gasteiger charge is -2.06. The van der Waals surface area contributed by atoms with Crippen molar-refractivity contribution < 1.29 is 14.5 Å². The fourth-order valence-corrected chi connectivity index (χ4v) is 3.68. The first-order valence-electron chi connectivity index (χ1n) is 8.80. The first kappa shape index (κ1) is 20.3. The van der Waals surface area contributed by atoms with Gasteiger partial charge in [0.2, 0.25) is 0 Å². The minimum absolute atomic E-state index is 0.0436.